The fraction of sp³-hybridized carbons (Fsp3) is 0.214. The molecule has 1 N–H and O–H groups in total. The van der Waals surface area contributed by atoms with Crippen LogP contribution >= 0.6 is 0 Å². The number of ether oxygens (including phenoxy) is 3. The van der Waals surface area contributed by atoms with E-state index in [4.69, 9.17) is 14.2 Å². The predicted molar refractivity (Wildman–Crippen MR) is 133 cm³/mol. The van der Waals surface area contributed by atoms with Gasteiger partial charge in [-0.15, -0.1) is 0 Å². The number of aliphatic hydroxyl groups is 1. The fourth-order valence-electron chi connectivity index (χ4n) is 4.47. The number of para-hydroxylation sites is 1. The van der Waals surface area contributed by atoms with Crippen molar-refractivity contribution in [3.63, 3.8) is 0 Å². The van der Waals surface area contributed by atoms with Crippen molar-refractivity contribution >= 4 is 23.1 Å². The smallest absolute Gasteiger partial charge is 0.300 e. The normalized spacial score (nSPS) is 16.9. The van der Waals surface area contributed by atoms with Gasteiger partial charge in [0.1, 0.15) is 28.6 Å². The summed E-state index contributed by atoms with van der Waals surface area (Å²) in [5.41, 5.74) is 2.99. The first kappa shape index (κ1) is 23.9. The molecule has 35 heavy (non-hydrogen) atoms. The lowest BCUT2D eigenvalue weighted by atomic mass is 9.93. The predicted octanol–water partition coefficient (Wildman–Crippen LogP) is 4.96. The molecule has 1 fully saturated rings. The van der Waals surface area contributed by atoms with Gasteiger partial charge in [-0.3, -0.25) is 14.5 Å². The molecule has 0 bridgehead atoms. The molecule has 180 valence electrons. The second-order valence-electron chi connectivity index (χ2n) is 8.24. The van der Waals surface area contributed by atoms with Crippen LogP contribution < -0.4 is 19.1 Å². The molecule has 1 saturated heterocycles. The molecule has 1 amide bonds. The third-order valence-electron chi connectivity index (χ3n) is 6.17. The van der Waals surface area contributed by atoms with Gasteiger partial charge in [0.2, 0.25) is 0 Å². The average Bonchev–Trinajstić information content (AvgIpc) is 3.14. The highest BCUT2D eigenvalue weighted by atomic mass is 16.5. The number of amides is 1. The van der Waals surface area contributed by atoms with E-state index < -0.39 is 17.7 Å². The van der Waals surface area contributed by atoms with Gasteiger partial charge < -0.3 is 19.3 Å². The van der Waals surface area contributed by atoms with Gasteiger partial charge in [-0.2, -0.15) is 0 Å². The van der Waals surface area contributed by atoms with Crippen LogP contribution in [0.3, 0.4) is 0 Å². The summed E-state index contributed by atoms with van der Waals surface area (Å²) >= 11 is 0. The Bertz CT molecular complexity index is 1320. The van der Waals surface area contributed by atoms with Crippen molar-refractivity contribution in [2.75, 3.05) is 26.2 Å². The van der Waals surface area contributed by atoms with Crippen molar-refractivity contribution in [3.8, 4) is 17.2 Å². The zero-order valence-electron chi connectivity index (χ0n) is 20.3. The number of carbonyl (C=O) groups is 2. The number of hydrogen-bond acceptors (Lipinski definition) is 6. The number of methoxy groups -OCH3 is 3. The summed E-state index contributed by atoms with van der Waals surface area (Å²) < 4.78 is 16.5. The molecule has 4 rings (SSSR count). The number of nitrogens with zero attached hydrogens (tertiary/aromatic N) is 1. The van der Waals surface area contributed by atoms with Crippen molar-refractivity contribution in [2.24, 2.45) is 0 Å². The number of aryl methyl sites for hydroxylation is 2. The number of Topliss-reactive ketones (excluding diaryl/α,β-unsaturated/α-hetero) is 1. The van der Waals surface area contributed by atoms with E-state index >= 15 is 0 Å². The van der Waals surface area contributed by atoms with E-state index in [0.29, 0.717) is 28.5 Å². The molecule has 1 atom stereocenters. The maximum absolute atomic E-state index is 13.6. The average molecular weight is 474 g/mol. The van der Waals surface area contributed by atoms with Crippen molar-refractivity contribution < 1.29 is 28.9 Å². The number of carbonyl (C=O) groups excluding carboxylic acids is 2. The van der Waals surface area contributed by atoms with Crippen LogP contribution in [-0.4, -0.2) is 38.1 Å². The first-order valence-corrected chi connectivity index (χ1v) is 11.1. The van der Waals surface area contributed by atoms with Crippen molar-refractivity contribution in [2.45, 2.75) is 19.9 Å². The number of ketones is 1. The van der Waals surface area contributed by atoms with Crippen LogP contribution in [0.5, 0.6) is 17.2 Å². The van der Waals surface area contributed by atoms with E-state index in [9.17, 15) is 14.7 Å². The Labute approximate surface area is 204 Å². The second kappa shape index (κ2) is 9.54. The van der Waals surface area contributed by atoms with Crippen LogP contribution in [0.2, 0.25) is 0 Å². The quantitative estimate of drug-likeness (QED) is 0.310. The monoisotopic (exact) mass is 473 g/mol. The van der Waals surface area contributed by atoms with Crippen molar-refractivity contribution in [1.29, 1.82) is 0 Å². The van der Waals surface area contributed by atoms with E-state index in [1.807, 2.05) is 32.0 Å². The van der Waals surface area contributed by atoms with Crippen LogP contribution in [0.15, 0.2) is 66.2 Å². The molecule has 1 heterocycles. The second-order valence-corrected chi connectivity index (χ2v) is 8.24. The molecule has 1 unspecified atom stereocenters. The van der Waals surface area contributed by atoms with E-state index in [-0.39, 0.29) is 16.9 Å². The Morgan fingerprint density at radius 2 is 1.43 bits per heavy atom. The molecule has 7 heteroatoms. The van der Waals surface area contributed by atoms with Crippen molar-refractivity contribution in [1.82, 2.24) is 0 Å². The van der Waals surface area contributed by atoms with Crippen LogP contribution in [0.1, 0.15) is 28.3 Å². The number of hydrogen-bond donors (Lipinski definition) is 1. The summed E-state index contributed by atoms with van der Waals surface area (Å²) in [6, 6.07) is 16.9. The highest BCUT2D eigenvalue weighted by Gasteiger charge is 2.48. The number of rotatable bonds is 6. The Kier molecular flexibility index (Phi) is 6.51. The van der Waals surface area contributed by atoms with Gasteiger partial charge in [-0.05, 0) is 49.2 Å². The zero-order chi connectivity index (χ0) is 25.3. The van der Waals surface area contributed by atoms with Gasteiger partial charge >= 0.3 is 0 Å². The summed E-state index contributed by atoms with van der Waals surface area (Å²) in [6.45, 7) is 3.79. The number of anilines is 1. The Balaban J connectivity index is 2.08. The summed E-state index contributed by atoms with van der Waals surface area (Å²) in [6.07, 6.45) is 0. The Hall–Kier alpha value is -4.26. The zero-order valence-corrected chi connectivity index (χ0v) is 20.3. The largest absolute Gasteiger partial charge is 0.506 e. The van der Waals surface area contributed by atoms with Gasteiger partial charge in [0.05, 0.1) is 32.9 Å². The summed E-state index contributed by atoms with van der Waals surface area (Å²) in [7, 11) is 4.43. The third kappa shape index (κ3) is 3.99. The first-order valence-electron chi connectivity index (χ1n) is 11.1. The Morgan fingerprint density at radius 3 is 2.06 bits per heavy atom. The standard InChI is InChI=1S/C28H27NO6/c1-16-13-14-17(2)19(15-16)29-25(18-9-6-7-10-20(18)33-3)24(27(31)28(29)32)26(30)23-21(34-4)11-8-12-22(23)35-5/h6-15,25,30H,1-5H3/b26-24+. The molecule has 7 nitrogen and oxygen atoms in total. The van der Waals surface area contributed by atoms with Gasteiger partial charge in [-0.1, -0.05) is 36.4 Å². The lowest BCUT2D eigenvalue weighted by molar-refractivity contribution is -0.132. The van der Waals surface area contributed by atoms with Gasteiger partial charge in [0, 0.05) is 11.3 Å². The topological polar surface area (TPSA) is 85.3 Å². The number of benzene rings is 3. The molecule has 0 aromatic heterocycles. The lowest BCUT2D eigenvalue weighted by Gasteiger charge is -2.28. The van der Waals surface area contributed by atoms with Crippen LogP contribution in [0.4, 0.5) is 5.69 Å². The van der Waals surface area contributed by atoms with Crippen LogP contribution in [0.25, 0.3) is 5.76 Å². The summed E-state index contributed by atoms with van der Waals surface area (Å²) in [5.74, 6) is -0.858. The molecular weight excluding hydrogens is 446 g/mol. The Morgan fingerprint density at radius 1 is 0.829 bits per heavy atom. The van der Waals surface area contributed by atoms with E-state index in [0.717, 1.165) is 11.1 Å². The van der Waals surface area contributed by atoms with Gasteiger partial charge in [-0.25, -0.2) is 0 Å². The maximum Gasteiger partial charge on any atom is 0.300 e. The molecular formula is C28H27NO6. The molecule has 3 aromatic carbocycles. The summed E-state index contributed by atoms with van der Waals surface area (Å²) in [5, 5.41) is 11.6. The third-order valence-corrected chi connectivity index (χ3v) is 6.17. The van der Waals surface area contributed by atoms with E-state index in [2.05, 4.69) is 0 Å². The molecule has 3 aromatic rings. The molecule has 1 aliphatic rings. The van der Waals surface area contributed by atoms with Crippen LogP contribution in [0, 0.1) is 13.8 Å². The molecule has 0 aliphatic carbocycles. The SMILES string of the molecule is COc1ccccc1C1/C(=C(\O)c2c(OC)cccc2OC)C(=O)C(=O)N1c1cc(C)ccc1C. The minimum absolute atomic E-state index is 0.0804. The van der Waals surface area contributed by atoms with Gasteiger partial charge in [0.15, 0.2) is 0 Å². The summed E-state index contributed by atoms with van der Waals surface area (Å²) in [4.78, 5) is 28.5. The molecule has 0 radical (unpaired) electrons. The fourth-order valence-corrected chi connectivity index (χ4v) is 4.47. The highest BCUT2D eigenvalue weighted by molar-refractivity contribution is 6.52. The molecule has 1 aliphatic heterocycles. The molecule has 0 spiro atoms. The minimum Gasteiger partial charge on any atom is -0.506 e. The first-order chi connectivity index (χ1) is 16.8. The highest BCUT2D eigenvalue weighted by Crippen LogP contribution is 2.47. The van der Waals surface area contributed by atoms with Crippen LogP contribution in [-0.2, 0) is 9.59 Å². The number of aliphatic hydroxyl groups excluding tert-OH is 1. The van der Waals surface area contributed by atoms with E-state index in [1.165, 1.54) is 26.2 Å². The van der Waals surface area contributed by atoms with Crippen molar-refractivity contribution in [3.05, 3.63) is 88.5 Å². The van der Waals surface area contributed by atoms with E-state index in [1.54, 1.807) is 42.5 Å². The van der Waals surface area contributed by atoms with Gasteiger partial charge in [0.25, 0.3) is 11.7 Å². The lowest BCUT2D eigenvalue weighted by Crippen LogP contribution is -2.30. The minimum atomic E-state index is -0.943. The molecule has 0 saturated carbocycles. The maximum atomic E-state index is 13.6.